The number of hydrogen-bond donors (Lipinski definition) is 1. The van der Waals surface area contributed by atoms with Gasteiger partial charge in [0.25, 0.3) is 0 Å². The van der Waals surface area contributed by atoms with Crippen molar-refractivity contribution in [1.29, 1.82) is 0 Å². The molecule has 70 valence electrons. The molecule has 1 aliphatic heterocycles. The van der Waals surface area contributed by atoms with Gasteiger partial charge < -0.3 is 15.2 Å². The van der Waals surface area contributed by atoms with Crippen LogP contribution in [-0.2, 0) is 13.0 Å². The lowest BCUT2D eigenvalue weighted by Gasteiger charge is -2.15. The summed E-state index contributed by atoms with van der Waals surface area (Å²) in [4.78, 5) is 9.85. The molecule has 2 rings (SSSR count). The van der Waals surface area contributed by atoms with Crippen molar-refractivity contribution in [3.8, 4) is 0 Å². The smallest absolute Gasteiger partial charge is 0.390 e. The average molecular weight is 183 g/mol. The number of rotatable bonds is 1. The molecule has 0 fully saturated rings. The average Bonchev–Trinajstić information content (AvgIpc) is 2.46. The minimum atomic E-state index is -0.516. The Hall–Kier alpha value is -1.43. The Balaban J connectivity index is 2.33. The molecule has 0 saturated carbocycles. The van der Waals surface area contributed by atoms with Crippen LogP contribution in [0.15, 0.2) is 6.07 Å². The molecular formula is C7H9N3O3. The van der Waals surface area contributed by atoms with E-state index in [1.807, 2.05) is 0 Å². The zero-order valence-corrected chi connectivity index (χ0v) is 6.88. The number of hydrogen-bond acceptors (Lipinski definition) is 4. The van der Waals surface area contributed by atoms with Crippen molar-refractivity contribution in [2.45, 2.75) is 25.5 Å². The van der Waals surface area contributed by atoms with E-state index < -0.39 is 4.92 Å². The van der Waals surface area contributed by atoms with E-state index in [0.717, 1.165) is 5.69 Å². The molecular weight excluding hydrogens is 174 g/mol. The van der Waals surface area contributed by atoms with E-state index in [-0.39, 0.29) is 11.9 Å². The lowest BCUT2D eigenvalue weighted by atomic mass is 10.1. The summed E-state index contributed by atoms with van der Waals surface area (Å²) >= 11 is 0. The van der Waals surface area contributed by atoms with Gasteiger partial charge >= 0.3 is 5.82 Å². The van der Waals surface area contributed by atoms with Gasteiger partial charge in [0.2, 0.25) is 0 Å². The standard InChI is InChI=1S/C7H9N3O3/c11-6-1-2-9-5(3-6)4-7(8-9)10(12)13/h4,6,11H,1-3H2. The summed E-state index contributed by atoms with van der Waals surface area (Å²) in [7, 11) is 0. The van der Waals surface area contributed by atoms with Crippen molar-refractivity contribution < 1.29 is 10.0 Å². The van der Waals surface area contributed by atoms with E-state index in [1.165, 1.54) is 6.07 Å². The Bertz CT molecular complexity index is 347. The van der Waals surface area contributed by atoms with Gasteiger partial charge in [0.15, 0.2) is 0 Å². The summed E-state index contributed by atoms with van der Waals surface area (Å²) < 4.78 is 1.59. The summed E-state index contributed by atoms with van der Waals surface area (Å²) in [6.07, 6.45) is 0.691. The molecule has 0 saturated heterocycles. The molecule has 2 heterocycles. The maximum atomic E-state index is 10.4. The number of aromatic nitrogens is 2. The third kappa shape index (κ3) is 1.40. The maximum absolute atomic E-state index is 10.4. The van der Waals surface area contributed by atoms with Crippen molar-refractivity contribution in [2.24, 2.45) is 0 Å². The molecule has 6 heteroatoms. The van der Waals surface area contributed by atoms with Crippen LogP contribution in [0.5, 0.6) is 0 Å². The topological polar surface area (TPSA) is 81.2 Å². The van der Waals surface area contributed by atoms with Crippen molar-refractivity contribution in [3.05, 3.63) is 21.9 Å². The van der Waals surface area contributed by atoms with Crippen LogP contribution in [0, 0.1) is 10.1 Å². The summed E-state index contributed by atoms with van der Waals surface area (Å²) in [6, 6.07) is 1.42. The lowest BCUT2D eigenvalue weighted by molar-refractivity contribution is -0.389. The first-order valence-corrected chi connectivity index (χ1v) is 4.06. The van der Waals surface area contributed by atoms with Crippen LogP contribution in [0.1, 0.15) is 12.1 Å². The second-order valence-corrected chi connectivity index (χ2v) is 3.12. The molecule has 1 atom stereocenters. The summed E-state index contributed by atoms with van der Waals surface area (Å²) in [6.45, 7) is 0.560. The molecule has 1 N–H and O–H groups in total. The molecule has 6 nitrogen and oxygen atoms in total. The van der Waals surface area contributed by atoms with Crippen LogP contribution in [0.4, 0.5) is 5.82 Å². The van der Waals surface area contributed by atoms with E-state index in [2.05, 4.69) is 5.10 Å². The normalized spacial score (nSPS) is 21.2. The summed E-state index contributed by atoms with van der Waals surface area (Å²) in [5, 5.41) is 23.5. The highest BCUT2D eigenvalue weighted by Crippen LogP contribution is 2.19. The van der Waals surface area contributed by atoms with Crippen LogP contribution in [-0.4, -0.2) is 25.9 Å². The Morgan fingerprint density at radius 1 is 1.77 bits per heavy atom. The second kappa shape index (κ2) is 2.81. The van der Waals surface area contributed by atoms with Crippen LogP contribution in [0.3, 0.4) is 0 Å². The molecule has 0 radical (unpaired) electrons. The second-order valence-electron chi connectivity index (χ2n) is 3.12. The number of nitro groups is 1. The number of nitrogens with zero attached hydrogens (tertiary/aromatic N) is 3. The fourth-order valence-corrected chi connectivity index (χ4v) is 1.50. The van der Waals surface area contributed by atoms with Crippen LogP contribution < -0.4 is 0 Å². The monoisotopic (exact) mass is 183 g/mol. The predicted octanol–water partition coefficient (Wildman–Crippen LogP) is 0.0984. The van der Waals surface area contributed by atoms with Crippen molar-refractivity contribution >= 4 is 5.82 Å². The number of aliphatic hydroxyl groups excluding tert-OH is 1. The summed E-state index contributed by atoms with van der Waals surface area (Å²) in [5.74, 6) is -0.135. The van der Waals surface area contributed by atoms with E-state index in [9.17, 15) is 15.2 Å². The van der Waals surface area contributed by atoms with Gasteiger partial charge in [0, 0.05) is 6.42 Å². The molecule has 0 bridgehead atoms. The molecule has 0 spiro atoms. The van der Waals surface area contributed by atoms with Gasteiger partial charge in [-0.2, -0.15) is 4.68 Å². The van der Waals surface area contributed by atoms with E-state index >= 15 is 0 Å². The molecule has 0 aliphatic carbocycles. The van der Waals surface area contributed by atoms with Gasteiger partial charge in [0.05, 0.1) is 29.5 Å². The lowest BCUT2D eigenvalue weighted by Crippen LogP contribution is -2.23. The first-order valence-electron chi connectivity index (χ1n) is 4.06. The Morgan fingerprint density at radius 2 is 2.54 bits per heavy atom. The molecule has 1 aromatic rings. The maximum Gasteiger partial charge on any atom is 0.390 e. The van der Waals surface area contributed by atoms with E-state index in [4.69, 9.17) is 0 Å². The fraction of sp³-hybridized carbons (Fsp3) is 0.571. The van der Waals surface area contributed by atoms with Crippen LogP contribution in [0.2, 0.25) is 0 Å². The van der Waals surface area contributed by atoms with E-state index in [0.29, 0.717) is 19.4 Å². The molecule has 1 unspecified atom stereocenters. The first-order chi connectivity index (χ1) is 6.16. The van der Waals surface area contributed by atoms with Gasteiger partial charge in [0.1, 0.15) is 0 Å². The third-order valence-electron chi connectivity index (χ3n) is 2.16. The number of aryl methyl sites for hydroxylation is 1. The van der Waals surface area contributed by atoms with Crippen LogP contribution >= 0.6 is 0 Å². The first kappa shape index (κ1) is 8.18. The molecule has 0 aromatic carbocycles. The fourth-order valence-electron chi connectivity index (χ4n) is 1.50. The SMILES string of the molecule is O=[N+]([O-])c1cc2n(n1)CCC(O)C2. The van der Waals surface area contributed by atoms with Gasteiger partial charge in [-0.25, -0.2) is 0 Å². The third-order valence-corrected chi connectivity index (χ3v) is 2.16. The Labute approximate surface area is 73.9 Å². The van der Waals surface area contributed by atoms with Gasteiger partial charge in [-0.3, -0.25) is 0 Å². The zero-order valence-electron chi connectivity index (χ0n) is 6.88. The number of fused-ring (bicyclic) bond motifs is 1. The molecule has 0 amide bonds. The molecule has 13 heavy (non-hydrogen) atoms. The molecule has 1 aliphatic rings. The van der Waals surface area contributed by atoms with Gasteiger partial charge in [-0.1, -0.05) is 0 Å². The Kier molecular flexibility index (Phi) is 1.77. The number of aliphatic hydroxyl groups is 1. The predicted molar refractivity (Wildman–Crippen MR) is 43.2 cm³/mol. The highest BCUT2D eigenvalue weighted by atomic mass is 16.6. The van der Waals surface area contributed by atoms with Crippen molar-refractivity contribution in [1.82, 2.24) is 9.78 Å². The largest absolute Gasteiger partial charge is 0.393 e. The van der Waals surface area contributed by atoms with E-state index in [1.54, 1.807) is 4.68 Å². The molecule has 1 aromatic heterocycles. The quantitative estimate of drug-likeness (QED) is 0.494. The van der Waals surface area contributed by atoms with Crippen molar-refractivity contribution in [3.63, 3.8) is 0 Å². The van der Waals surface area contributed by atoms with Gasteiger partial charge in [-0.15, -0.1) is 0 Å². The van der Waals surface area contributed by atoms with Gasteiger partial charge in [-0.05, 0) is 11.3 Å². The van der Waals surface area contributed by atoms with Crippen LogP contribution in [0.25, 0.3) is 0 Å². The minimum Gasteiger partial charge on any atom is -0.393 e. The Morgan fingerprint density at radius 3 is 3.23 bits per heavy atom. The van der Waals surface area contributed by atoms with Crippen molar-refractivity contribution in [2.75, 3.05) is 0 Å². The minimum absolute atomic E-state index is 0.135. The highest BCUT2D eigenvalue weighted by molar-refractivity contribution is 5.23. The summed E-state index contributed by atoms with van der Waals surface area (Å²) in [5.41, 5.74) is 0.741. The highest BCUT2D eigenvalue weighted by Gasteiger charge is 2.24. The zero-order chi connectivity index (χ0) is 9.42.